The topological polar surface area (TPSA) is 85.0 Å². The molecule has 0 rings (SSSR count). The van der Waals surface area contributed by atoms with Gasteiger partial charge >= 0.3 is 0 Å². The summed E-state index contributed by atoms with van der Waals surface area (Å²) in [6, 6.07) is 0. The molecule has 8 heteroatoms. The van der Waals surface area contributed by atoms with Crippen molar-refractivity contribution in [3.8, 4) is 0 Å². The Balaban J connectivity index is 4.27. The van der Waals surface area contributed by atoms with Crippen LogP contribution in [0.25, 0.3) is 0 Å². The number of rotatable bonds is 13. The van der Waals surface area contributed by atoms with Crippen molar-refractivity contribution in [1.82, 2.24) is 21.3 Å². The van der Waals surface area contributed by atoms with Crippen molar-refractivity contribution in [2.24, 2.45) is 0 Å². The Morgan fingerprint density at radius 2 is 0.778 bits per heavy atom. The Hall–Kier alpha value is -0.320. The summed E-state index contributed by atoms with van der Waals surface area (Å²) in [6.07, 6.45) is -0.203. The lowest BCUT2D eigenvalue weighted by molar-refractivity contribution is 0.0732. The third-order valence-electron chi connectivity index (χ3n) is 2.12. The van der Waals surface area contributed by atoms with E-state index >= 15 is 0 Å². The number of nitrogens with one attached hydrogen (secondary N) is 4. The van der Waals surface area contributed by atoms with Gasteiger partial charge in [-0.3, -0.25) is 21.3 Å². The fourth-order valence-electron chi connectivity index (χ4n) is 1.31. The maximum atomic E-state index is 5.00. The summed E-state index contributed by atoms with van der Waals surface area (Å²) in [5.74, 6) is 0. The smallest absolute Gasteiger partial charge is 0.0974 e. The molecule has 0 aromatic carbocycles. The molecule has 0 aliphatic heterocycles. The zero-order valence-electron chi connectivity index (χ0n) is 11.6. The Morgan fingerprint density at radius 1 is 0.556 bits per heavy atom. The maximum absolute atomic E-state index is 5.00. The molecular formula is C10H26N4O4. The van der Waals surface area contributed by atoms with Crippen LogP contribution in [0.5, 0.6) is 0 Å². The van der Waals surface area contributed by atoms with Gasteiger partial charge in [-0.2, -0.15) is 0 Å². The van der Waals surface area contributed by atoms with Gasteiger partial charge in [0.1, 0.15) is 0 Å². The molecule has 0 heterocycles. The van der Waals surface area contributed by atoms with Crippen molar-refractivity contribution in [1.29, 1.82) is 0 Å². The second kappa shape index (κ2) is 13.1. The fraction of sp³-hybridized carbons (Fsp3) is 1.00. The van der Waals surface area contributed by atoms with Crippen LogP contribution in [0.1, 0.15) is 0 Å². The summed E-state index contributed by atoms with van der Waals surface area (Å²) >= 11 is 0. The first-order chi connectivity index (χ1) is 8.79. The van der Waals surface area contributed by atoms with Crippen molar-refractivity contribution in [2.75, 3.05) is 55.4 Å². The Morgan fingerprint density at radius 3 is 0.944 bits per heavy atom. The first kappa shape index (κ1) is 17.7. The van der Waals surface area contributed by atoms with Gasteiger partial charge in [-0.1, -0.05) is 0 Å². The van der Waals surface area contributed by atoms with Gasteiger partial charge in [0.05, 0.1) is 39.3 Å². The molecule has 0 aromatic heterocycles. The van der Waals surface area contributed by atoms with Crippen LogP contribution in [-0.4, -0.2) is 67.7 Å². The summed E-state index contributed by atoms with van der Waals surface area (Å²) in [5, 5.41) is 12.7. The number of ether oxygens (including phenoxy) is 4. The fourth-order valence-corrected chi connectivity index (χ4v) is 1.31. The Labute approximate surface area is 109 Å². The van der Waals surface area contributed by atoms with Crippen LogP contribution in [0.4, 0.5) is 0 Å². The molecule has 0 fully saturated rings. The van der Waals surface area contributed by atoms with Gasteiger partial charge in [0.2, 0.25) is 0 Å². The SMILES string of the molecule is COCNC(NCOC)C(NCOC)NCOC. The third-order valence-corrected chi connectivity index (χ3v) is 2.12. The molecular weight excluding hydrogens is 240 g/mol. The zero-order chi connectivity index (χ0) is 13.6. The highest BCUT2D eigenvalue weighted by molar-refractivity contribution is 4.75. The monoisotopic (exact) mass is 266 g/mol. The molecule has 4 N–H and O–H groups in total. The number of hydrogen-bond donors (Lipinski definition) is 4. The first-order valence-electron chi connectivity index (χ1n) is 5.69. The van der Waals surface area contributed by atoms with Crippen molar-refractivity contribution >= 4 is 0 Å². The van der Waals surface area contributed by atoms with Crippen LogP contribution < -0.4 is 21.3 Å². The highest BCUT2D eigenvalue weighted by Crippen LogP contribution is 1.88. The van der Waals surface area contributed by atoms with E-state index in [2.05, 4.69) is 21.3 Å². The highest BCUT2D eigenvalue weighted by Gasteiger charge is 2.19. The average molecular weight is 266 g/mol. The third kappa shape index (κ3) is 8.72. The van der Waals surface area contributed by atoms with E-state index in [9.17, 15) is 0 Å². The van der Waals surface area contributed by atoms with Gasteiger partial charge in [-0.25, -0.2) is 0 Å². The Kier molecular flexibility index (Phi) is 12.9. The van der Waals surface area contributed by atoms with Gasteiger partial charge in [0.15, 0.2) is 0 Å². The molecule has 0 atom stereocenters. The summed E-state index contributed by atoms with van der Waals surface area (Å²) in [6.45, 7) is 1.67. The second-order valence-corrected chi connectivity index (χ2v) is 3.50. The van der Waals surface area contributed by atoms with E-state index in [0.717, 1.165) is 0 Å². The van der Waals surface area contributed by atoms with Crippen molar-refractivity contribution in [3.63, 3.8) is 0 Å². The van der Waals surface area contributed by atoms with Gasteiger partial charge in [-0.05, 0) is 0 Å². The van der Waals surface area contributed by atoms with Gasteiger partial charge in [0, 0.05) is 28.4 Å². The highest BCUT2D eigenvalue weighted by atomic mass is 16.5. The molecule has 8 nitrogen and oxygen atoms in total. The van der Waals surface area contributed by atoms with Crippen molar-refractivity contribution < 1.29 is 18.9 Å². The molecule has 0 saturated carbocycles. The lowest BCUT2D eigenvalue weighted by Gasteiger charge is -2.30. The Bertz CT molecular complexity index is 142. The summed E-state index contributed by atoms with van der Waals surface area (Å²) in [4.78, 5) is 0. The van der Waals surface area contributed by atoms with Gasteiger partial charge in [0.25, 0.3) is 0 Å². The van der Waals surface area contributed by atoms with Gasteiger partial charge < -0.3 is 18.9 Å². The van der Waals surface area contributed by atoms with E-state index in [0.29, 0.717) is 26.9 Å². The lowest BCUT2D eigenvalue weighted by Crippen LogP contribution is -2.63. The molecule has 0 unspecified atom stereocenters. The molecule has 0 radical (unpaired) electrons. The molecule has 110 valence electrons. The quantitative estimate of drug-likeness (QED) is 0.297. The van der Waals surface area contributed by atoms with Crippen LogP contribution >= 0.6 is 0 Å². The van der Waals surface area contributed by atoms with E-state index in [4.69, 9.17) is 18.9 Å². The standard InChI is InChI=1S/C10H26N4O4/c1-15-5-11-9(12-6-16-2)10(13-7-17-3)14-8-18-4/h9-14H,5-8H2,1-4H3. The van der Waals surface area contributed by atoms with Crippen molar-refractivity contribution in [3.05, 3.63) is 0 Å². The molecule has 0 bridgehead atoms. The average Bonchev–Trinajstić information content (AvgIpc) is 2.40. The maximum Gasteiger partial charge on any atom is 0.0974 e. The number of hydrogen-bond acceptors (Lipinski definition) is 8. The first-order valence-corrected chi connectivity index (χ1v) is 5.69. The molecule has 18 heavy (non-hydrogen) atoms. The van der Waals surface area contributed by atoms with E-state index in [1.165, 1.54) is 0 Å². The van der Waals surface area contributed by atoms with Crippen LogP contribution in [0.2, 0.25) is 0 Å². The van der Waals surface area contributed by atoms with E-state index in [-0.39, 0.29) is 12.3 Å². The zero-order valence-corrected chi connectivity index (χ0v) is 11.6. The van der Waals surface area contributed by atoms with Crippen LogP contribution in [0.15, 0.2) is 0 Å². The minimum absolute atomic E-state index is 0.102. The predicted molar refractivity (Wildman–Crippen MR) is 67.6 cm³/mol. The summed E-state index contributed by atoms with van der Waals surface area (Å²) < 4.78 is 20.0. The van der Waals surface area contributed by atoms with E-state index in [1.54, 1.807) is 28.4 Å². The molecule has 0 aliphatic carbocycles. The number of methoxy groups -OCH3 is 4. The van der Waals surface area contributed by atoms with Crippen molar-refractivity contribution in [2.45, 2.75) is 12.3 Å². The summed E-state index contributed by atoms with van der Waals surface area (Å²) in [5.41, 5.74) is 0. The van der Waals surface area contributed by atoms with E-state index in [1.807, 2.05) is 0 Å². The lowest BCUT2D eigenvalue weighted by atomic mass is 10.3. The molecule has 0 spiro atoms. The van der Waals surface area contributed by atoms with Crippen LogP contribution in [0, 0.1) is 0 Å². The summed E-state index contributed by atoms with van der Waals surface area (Å²) in [7, 11) is 6.50. The van der Waals surface area contributed by atoms with Crippen LogP contribution in [0.3, 0.4) is 0 Å². The van der Waals surface area contributed by atoms with E-state index < -0.39 is 0 Å². The minimum atomic E-state index is -0.102. The minimum Gasteiger partial charge on any atom is -0.369 e. The normalized spacial score (nSPS) is 11.7. The second-order valence-electron chi connectivity index (χ2n) is 3.50. The largest absolute Gasteiger partial charge is 0.369 e. The predicted octanol–water partition coefficient (Wildman–Crippen LogP) is -1.59. The molecule has 0 saturated heterocycles. The molecule has 0 aliphatic rings. The molecule has 0 amide bonds. The van der Waals surface area contributed by atoms with Crippen LogP contribution in [-0.2, 0) is 18.9 Å². The van der Waals surface area contributed by atoms with Gasteiger partial charge in [-0.15, -0.1) is 0 Å². The molecule has 0 aromatic rings.